The topological polar surface area (TPSA) is 87.1 Å². The third-order valence-corrected chi connectivity index (χ3v) is 5.97. The van der Waals surface area contributed by atoms with Crippen molar-refractivity contribution in [1.82, 2.24) is 10.0 Å². The zero-order valence-corrected chi connectivity index (χ0v) is 16.8. The Balaban J connectivity index is 1.82. The molecule has 150 valence electrons. The Morgan fingerprint density at radius 3 is 1.73 bits per heavy atom. The summed E-state index contributed by atoms with van der Waals surface area (Å²) in [7, 11) is -2.47. The van der Waals surface area contributed by atoms with E-state index < -0.39 is 21.8 Å². The van der Waals surface area contributed by atoms with Gasteiger partial charge in [-0.2, -0.15) is 13.4 Å². The van der Waals surface area contributed by atoms with Gasteiger partial charge in [-0.1, -0.05) is 48.5 Å². The minimum atomic E-state index is -3.92. The molecule has 1 aliphatic heterocycles. The van der Waals surface area contributed by atoms with Crippen LogP contribution in [-0.2, 0) is 10.0 Å². The highest BCUT2D eigenvalue weighted by atomic mass is 32.2. The Hall–Kier alpha value is -3.78. The summed E-state index contributed by atoms with van der Waals surface area (Å²) in [6.45, 7) is 0. The third kappa shape index (κ3) is 3.37. The zero-order valence-electron chi connectivity index (χ0n) is 16.0. The number of nitrogens with zero attached hydrogens (tertiary/aromatic N) is 3. The number of carbonyl (C=O) groups is 2. The fraction of sp³-hybridized carbons (Fsp3) is 0.0455. The molecule has 0 aromatic heterocycles. The quantitative estimate of drug-likeness (QED) is 0.471. The lowest BCUT2D eigenvalue weighted by molar-refractivity contribution is 0.0318. The molecule has 0 saturated heterocycles. The van der Waals surface area contributed by atoms with E-state index in [9.17, 15) is 18.0 Å². The minimum absolute atomic E-state index is 0.000776. The van der Waals surface area contributed by atoms with Crippen LogP contribution < -0.4 is 0 Å². The molecule has 3 aromatic carbocycles. The van der Waals surface area contributed by atoms with Gasteiger partial charge in [0.25, 0.3) is 21.8 Å². The van der Waals surface area contributed by atoms with Gasteiger partial charge in [-0.25, -0.2) is 0 Å². The molecule has 1 aliphatic rings. The van der Waals surface area contributed by atoms with Crippen molar-refractivity contribution in [1.29, 1.82) is 0 Å². The zero-order chi connectivity index (χ0) is 21.3. The normalized spacial score (nSPS) is 13.8. The Morgan fingerprint density at radius 1 is 0.733 bits per heavy atom. The molecule has 0 spiro atoms. The molecule has 3 aromatic rings. The fourth-order valence-electron chi connectivity index (χ4n) is 3.19. The van der Waals surface area contributed by atoms with Crippen LogP contribution in [0.15, 0.2) is 94.2 Å². The van der Waals surface area contributed by atoms with E-state index in [1.54, 1.807) is 78.9 Å². The van der Waals surface area contributed by atoms with Crippen LogP contribution in [0.25, 0.3) is 0 Å². The van der Waals surface area contributed by atoms with E-state index in [1.807, 2.05) is 0 Å². The number of imide groups is 1. The van der Waals surface area contributed by atoms with Crippen LogP contribution >= 0.6 is 0 Å². The lowest BCUT2D eigenvalue weighted by atomic mass is 10.1. The highest BCUT2D eigenvalue weighted by Crippen LogP contribution is 2.28. The first-order valence-corrected chi connectivity index (χ1v) is 10.5. The van der Waals surface area contributed by atoms with Crippen LogP contribution in [-0.4, -0.2) is 43.1 Å². The Labute approximate surface area is 173 Å². The van der Waals surface area contributed by atoms with Crippen LogP contribution in [0.2, 0.25) is 0 Å². The highest BCUT2D eigenvalue weighted by molar-refractivity contribution is 7.90. The van der Waals surface area contributed by atoms with Crippen molar-refractivity contribution in [3.8, 4) is 0 Å². The predicted molar refractivity (Wildman–Crippen MR) is 111 cm³/mol. The number of sulfonamides is 1. The number of hydrogen-bond acceptors (Lipinski definition) is 5. The molecular formula is C22H17N3O4S. The molecule has 8 heteroatoms. The molecular weight excluding hydrogens is 402 g/mol. The van der Waals surface area contributed by atoms with Gasteiger partial charge >= 0.3 is 0 Å². The first kappa shape index (κ1) is 19.5. The molecule has 0 saturated carbocycles. The molecule has 0 radical (unpaired) electrons. The Bertz CT molecular complexity index is 1200. The molecule has 7 nitrogen and oxygen atoms in total. The molecule has 4 rings (SSSR count). The average molecular weight is 419 g/mol. The molecule has 0 fully saturated rings. The van der Waals surface area contributed by atoms with Gasteiger partial charge in [0, 0.05) is 23.7 Å². The van der Waals surface area contributed by atoms with Gasteiger partial charge in [0.05, 0.1) is 0 Å². The number of amidine groups is 1. The second-order valence-electron chi connectivity index (χ2n) is 6.56. The van der Waals surface area contributed by atoms with Crippen molar-refractivity contribution in [3.63, 3.8) is 0 Å². The number of benzene rings is 3. The Kier molecular flexibility index (Phi) is 4.93. The second-order valence-corrected chi connectivity index (χ2v) is 8.14. The van der Waals surface area contributed by atoms with E-state index in [2.05, 4.69) is 4.40 Å². The summed E-state index contributed by atoms with van der Waals surface area (Å²) < 4.78 is 28.8. The number of amides is 2. The predicted octanol–water partition coefficient (Wildman–Crippen LogP) is 2.97. The van der Waals surface area contributed by atoms with Gasteiger partial charge in [-0.15, -0.1) is 4.40 Å². The summed E-state index contributed by atoms with van der Waals surface area (Å²) in [4.78, 5) is 26.6. The molecule has 0 bridgehead atoms. The number of fused-ring (bicyclic) bond motifs is 1. The van der Waals surface area contributed by atoms with Crippen molar-refractivity contribution in [2.24, 2.45) is 4.40 Å². The fourth-order valence-corrected chi connectivity index (χ4v) is 4.42. The SMILES string of the molecule is CN(C1=NS(=O)(=O)c2ccccc21)N(C(=O)c1ccccc1)C(=O)c1ccccc1. The van der Waals surface area contributed by atoms with Crippen molar-refractivity contribution in [2.75, 3.05) is 7.05 Å². The van der Waals surface area contributed by atoms with E-state index in [-0.39, 0.29) is 21.9 Å². The maximum absolute atomic E-state index is 13.3. The van der Waals surface area contributed by atoms with Crippen LogP contribution in [0.5, 0.6) is 0 Å². The summed E-state index contributed by atoms with van der Waals surface area (Å²) in [5.74, 6) is -1.20. The van der Waals surface area contributed by atoms with Crippen LogP contribution in [0.3, 0.4) is 0 Å². The summed E-state index contributed by atoms with van der Waals surface area (Å²) >= 11 is 0. The van der Waals surface area contributed by atoms with Gasteiger partial charge in [-0.3, -0.25) is 14.6 Å². The summed E-state index contributed by atoms with van der Waals surface area (Å²) in [5, 5.41) is 2.09. The molecule has 0 aliphatic carbocycles. The molecule has 2 amide bonds. The lowest BCUT2D eigenvalue weighted by Crippen LogP contribution is -2.50. The molecule has 30 heavy (non-hydrogen) atoms. The number of carbonyl (C=O) groups excluding carboxylic acids is 2. The minimum Gasteiger partial charge on any atom is -0.267 e. The number of hydrazine groups is 1. The van der Waals surface area contributed by atoms with E-state index >= 15 is 0 Å². The smallest absolute Gasteiger partial charge is 0.267 e. The molecule has 0 N–H and O–H groups in total. The lowest BCUT2D eigenvalue weighted by Gasteiger charge is -2.31. The standard InChI is InChI=1S/C22H17N3O4S/c1-24(20-18-14-8-9-15-19(18)30(28,29)23-20)25(21(26)16-10-4-2-5-11-16)22(27)17-12-6-3-7-13-17/h2-15H,1H3. The summed E-state index contributed by atoms with van der Waals surface area (Å²) in [6.07, 6.45) is 0. The van der Waals surface area contributed by atoms with Crippen molar-refractivity contribution in [2.45, 2.75) is 4.90 Å². The number of hydrogen-bond donors (Lipinski definition) is 0. The van der Waals surface area contributed by atoms with Crippen molar-refractivity contribution >= 4 is 27.7 Å². The molecule has 1 heterocycles. The van der Waals surface area contributed by atoms with E-state index in [1.165, 1.54) is 18.1 Å². The van der Waals surface area contributed by atoms with Crippen molar-refractivity contribution < 1.29 is 18.0 Å². The third-order valence-electron chi connectivity index (χ3n) is 4.65. The van der Waals surface area contributed by atoms with Crippen LogP contribution in [0.1, 0.15) is 26.3 Å². The van der Waals surface area contributed by atoms with E-state index in [4.69, 9.17) is 0 Å². The maximum Gasteiger partial charge on any atom is 0.285 e. The summed E-state index contributed by atoms with van der Waals surface area (Å²) in [6, 6.07) is 22.9. The van der Waals surface area contributed by atoms with Gasteiger partial charge < -0.3 is 0 Å². The van der Waals surface area contributed by atoms with Gasteiger partial charge in [0.2, 0.25) is 0 Å². The summed E-state index contributed by atoms with van der Waals surface area (Å²) in [5.41, 5.74) is 0.887. The van der Waals surface area contributed by atoms with Gasteiger partial charge in [0.1, 0.15) is 4.90 Å². The number of rotatable bonds is 2. The first-order valence-electron chi connectivity index (χ1n) is 9.07. The largest absolute Gasteiger partial charge is 0.285 e. The van der Waals surface area contributed by atoms with Gasteiger partial charge in [-0.05, 0) is 36.4 Å². The molecule has 0 atom stereocenters. The van der Waals surface area contributed by atoms with E-state index in [0.29, 0.717) is 5.56 Å². The van der Waals surface area contributed by atoms with Crippen molar-refractivity contribution in [3.05, 3.63) is 102 Å². The van der Waals surface area contributed by atoms with Crippen LogP contribution in [0.4, 0.5) is 0 Å². The first-order chi connectivity index (χ1) is 14.4. The average Bonchev–Trinajstić information content (AvgIpc) is 3.06. The van der Waals surface area contributed by atoms with Gasteiger partial charge in [0.15, 0.2) is 5.84 Å². The second kappa shape index (κ2) is 7.57. The van der Waals surface area contributed by atoms with E-state index in [0.717, 1.165) is 5.01 Å². The Morgan fingerprint density at radius 2 is 1.20 bits per heavy atom. The highest BCUT2D eigenvalue weighted by Gasteiger charge is 2.36. The molecule has 0 unspecified atom stereocenters. The maximum atomic E-state index is 13.3. The van der Waals surface area contributed by atoms with Crippen LogP contribution in [0, 0.1) is 0 Å². The monoisotopic (exact) mass is 419 g/mol.